The number of fused-ring (bicyclic) bond motifs is 1. The van der Waals surface area contributed by atoms with Crippen molar-refractivity contribution in [3.8, 4) is 5.75 Å². The maximum absolute atomic E-state index is 12.7. The molecule has 1 aromatic rings. The molecule has 3 heterocycles. The Morgan fingerprint density at radius 2 is 1.85 bits per heavy atom. The largest absolute Gasteiger partial charge is 0.508 e. The summed E-state index contributed by atoms with van der Waals surface area (Å²) in [5.41, 5.74) is 1.15. The van der Waals surface area contributed by atoms with Crippen LogP contribution in [0, 0.1) is 11.8 Å². The number of rotatable bonds is 11. The fourth-order valence-corrected chi connectivity index (χ4v) is 5.28. The highest BCUT2D eigenvalue weighted by atomic mass is 16.8. The third kappa shape index (κ3) is 6.89. The fourth-order valence-electron chi connectivity index (χ4n) is 5.28. The van der Waals surface area contributed by atoms with Crippen molar-refractivity contribution in [1.29, 1.82) is 0 Å². The Balaban J connectivity index is 1.34. The maximum atomic E-state index is 12.7. The highest BCUT2D eigenvalue weighted by Crippen LogP contribution is 2.41. The molecule has 10 atom stereocenters. The van der Waals surface area contributed by atoms with Gasteiger partial charge in [-0.2, -0.15) is 0 Å². The molecule has 6 N–H and O–H groups in total. The van der Waals surface area contributed by atoms with E-state index >= 15 is 0 Å². The van der Waals surface area contributed by atoms with Gasteiger partial charge in [-0.3, -0.25) is 4.79 Å². The van der Waals surface area contributed by atoms with E-state index in [1.54, 1.807) is 24.3 Å². The number of ketones is 1. The molecule has 0 radical (unpaired) electrons. The molecule has 40 heavy (non-hydrogen) atoms. The van der Waals surface area contributed by atoms with Gasteiger partial charge >= 0.3 is 5.97 Å². The standard InChI is InChI=1S/C28H36O12/c1-2-19-20-11-18(10-17(32)9-16(31)8-5-14-3-6-15(30)7-4-14)38-26(36)21(20)13-37-27(19)40-28-25(35)24(34)23(33)22(12-29)39-28/h2-4,6-7,13,16,18-20,22-25,27-31,33-35H,1,5,8-12H2. The first-order chi connectivity index (χ1) is 19.1. The lowest BCUT2D eigenvalue weighted by molar-refractivity contribution is -0.339. The number of aliphatic hydroxyl groups excluding tert-OH is 5. The molecule has 12 nitrogen and oxygen atoms in total. The van der Waals surface area contributed by atoms with E-state index in [0.29, 0.717) is 12.8 Å². The van der Waals surface area contributed by atoms with Crippen LogP contribution < -0.4 is 0 Å². The average Bonchev–Trinajstić information content (AvgIpc) is 2.92. The lowest BCUT2D eigenvalue weighted by Crippen LogP contribution is -2.60. The van der Waals surface area contributed by atoms with Crippen molar-refractivity contribution >= 4 is 11.8 Å². The van der Waals surface area contributed by atoms with Gasteiger partial charge in [-0.15, -0.1) is 6.58 Å². The molecule has 0 saturated carbocycles. The molecule has 2 fully saturated rings. The first-order valence-corrected chi connectivity index (χ1v) is 13.2. The number of aliphatic hydroxyl groups is 5. The van der Waals surface area contributed by atoms with Gasteiger partial charge in [0.2, 0.25) is 6.29 Å². The minimum Gasteiger partial charge on any atom is -0.508 e. The molecule has 12 heteroatoms. The van der Waals surface area contributed by atoms with E-state index in [1.165, 1.54) is 12.3 Å². The molecule has 0 spiro atoms. The van der Waals surface area contributed by atoms with Gasteiger partial charge in [0, 0.05) is 24.7 Å². The first kappa shape index (κ1) is 30.1. The molecule has 3 aliphatic rings. The third-order valence-corrected chi connectivity index (χ3v) is 7.54. The molecular weight excluding hydrogens is 528 g/mol. The van der Waals surface area contributed by atoms with Gasteiger partial charge in [-0.1, -0.05) is 18.2 Å². The number of hydrogen-bond acceptors (Lipinski definition) is 12. The number of phenols is 1. The molecule has 0 aliphatic carbocycles. The lowest BCUT2D eigenvalue weighted by Gasteiger charge is -2.44. The second-order valence-electron chi connectivity index (χ2n) is 10.4. The van der Waals surface area contributed by atoms with Gasteiger partial charge in [-0.25, -0.2) is 4.79 Å². The average molecular weight is 565 g/mol. The minimum absolute atomic E-state index is 0.0885. The molecule has 0 bridgehead atoms. The van der Waals surface area contributed by atoms with Crippen molar-refractivity contribution in [3.05, 3.63) is 54.3 Å². The Bertz CT molecular complexity index is 1070. The fraction of sp³-hybridized carbons (Fsp3) is 0.571. The number of cyclic esters (lactones) is 1. The second kappa shape index (κ2) is 13.2. The van der Waals surface area contributed by atoms with Gasteiger partial charge in [0.1, 0.15) is 42.1 Å². The molecule has 2 saturated heterocycles. The first-order valence-electron chi connectivity index (χ1n) is 13.2. The lowest BCUT2D eigenvalue weighted by atomic mass is 9.78. The van der Waals surface area contributed by atoms with E-state index in [-0.39, 0.29) is 36.4 Å². The number of benzene rings is 1. The van der Waals surface area contributed by atoms with E-state index in [1.807, 2.05) is 0 Å². The van der Waals surface area contributed by atoms with Crippen LogP contribution >= 0.6 is 0 Å². The normalized spacial score (nSPS) is 34.6. The van der Waals surface area contributed by atoms with Gasteiger partial charge < -0.3 is 49.6 Å². The highest BCUT2D eigenvalue weighted by molar-refractivity contribution is 5.90. The number of aromatic hydroxyl groups is 1. The minimum atomic E-state index is -1.64. The van der Waals surface area contributed by atoms with Crippen LogP contribution in [0.15, 0.2) is 48.8 Å². The van der Waals surface area contributed by atoms with Crippen molar-refractivity contribution in [2.45, 2.75) is 81.3 Å². The van der Waals surface area contributed by atoms with Crippen LogP contribution in [0.5, 0.6) is 5.75 Å². The van der Waals surface area contributed by atoms with Crippen molar-refractivity contribution in [1.82, 2.24) is 0 Å². The predicted molar refractivity (Wildman–Crippen MR) is 136 cm³/mol. The third-order valence-electron chi connectivity index (χ3n) is 7.54. The van der Waals surface area contributed by atoms with Crippen LogP contribution in [0.25, 0.3) is 0 Å². The number of aryl methyl sites for hydroxylation is 1. The Labute approximate surface area is 231 Å². The summed E-state index contributed by atoms with van der Waals surface area (Å²) in [6, 6.07) is 6.60. The van der Waals surface area contributed by atoms with Gasteiger partial charge in [0.05, 0.1) is 24.5 Å². The van der Waals surface area contributed by atoms with E-state index in [4.69, 9.17) is 18.9 Å². The number of Topliss-reactive ketones (excluding diaryl/α,β-unsaturated/α-hetero) is 1. The zero-order valence-corrected chi connectivity index (χ0v) is 21.8. The number of phenolic OH excluding ortho intramolecular Hbond substituents is 1. The summed E-state index contributed by atoms with van der Waals surface area (Å²) in [6.07, 6.45) is -6.53. The molecule has 4 rings (SSSR count). The van der Waals surface area contributed by atoms with Crippen molar-refractivity contribution in [2.24, 2.45) is 11.8 Å². The SMILES string of the molecule is C=CC1C(OC2OC(CO)C(O)C(O)C2O)OC=C2C(=O)OC(CC(=O)CC(O)CCc3ccc(O)cc3)CC21. The Morgan fingerprint density at radius 3 is 2.52 bits per heavy atom. The Hall–Kier alpha value is -2.84. The van der Waals surface area contributed by atoms with Crippen LogP contribution in [0.4, 0.5) is 0 Å². The number of carbonyl (C=O) groups excluding carboxylic acids is 2. The second-order valence-corrected chi connectivity index (χ2v) is 10.4. The number of esters is 1. The Kier molecular flexibility index (Phi) is 9.95. The molecule has 1 aromatic carbocycles. The summed E-state index contributed by atoms with van der Waals surface area (Å²) in [4.78, 5) is 25.4. The predicted octanol–water partition coefficient (Wildman–Crippen LogP) is -0.174. The van der Waals surface area contributed by atoms with Crippen LogP contribution in [0.1, 0.15) is 31.2 Å². The van der Waals surface area contributed by atoms with E-state index in [9.17, 15) is 40.2 Å². The van der Waals surface area contributed by atoms with Crippen LogP contribution in [-0.4, -0.2) is 98.2 Å². The summed E-state index contributed by atoms with van der Waals surface area (Å²) in [5, 5.41) is 59.5. The van der Waals surface area contributed by atoms with Crippen LogP contribution in [0.2, 0.25) is 0 Å². The van der Waals surface area contributed by atoms with Crippen LogP contribution in [-0.2, 0) is 35.0 Å². The molecule has 10 unspecified atom stereocenters. The molecular formula is C28H36O12. The summed E-state index contributed by atoms with van der Waals surface area (Å²) < 4.78 is 22.2. The number of carbonyl (C=O) groups is 2. The van der Waals surface area contributed by atoms with Gasteiger partial charge in [0.15, 0.2) is 6.29 Å². The maximum Gasteiger partial charge on any atom is 0.337 e. The van der Waals surface area contributed by atoms with E-state index in [2.05, 4.69) is 6.58 Å². The number of ether oxygens (including phenoxy) is 4. The summed E-state index contributed by atoms with van der Waals surface area (Å²) in [6.45, 7) is 3.19. The zero-order chi connectivity index (χ0) is 29.0. The smallest absolute Gasteiger partial charge is 0.337 e. The Morgan fingerprint density at radius 1 is 1.12 bits per heavy atom. The molecule has 220 valence electrons. The van der Waals surface area contributed by atoms with Crippen molar-refractivity contribution in [2.75, 3.05) is 6.61 Å². The monoisotopic (exact) mass is 564 g/mol. The summed E-state index contributed by atoms with van der Waals surface area (Å²) >= 11 is 0. The molecule has 0 aromatic heterocycles. The summed E-state index contributed by atoms with van der Waals surface area (Å²) in [7, 11) is 0. The van der Waals surface area contributed by atoms with Crippen molar-refractivity contribution < 1.29 is 59.2 Å². The molecule has 3 aliphatic heterocycles. The highest BCUT2D eigenvalue weighted by Gasteiger charge is 2.49. The van der Waals surface area contributed by atoms with Gasteiger partial charge in [0.25, 0.3) is 0 Å². The quantitative estimate of drug-likeness (QED) is 0.154. The van der Waals surface area contributed by atoms with Gasteiger partial charge in [-0.05, 0) is 37.0 Å². The van der Waals surface area contributed by atoms with E-state index in [0.717, 1.165) is 5.56 Å². The molecule has 0 amide bonds. The zero-order valence-electron chi connectivity index (χ0n) is 21.8. The summed E-state index contributed by atoms with van der Waals surface area (Å²) in [5.74, 6) is -1.90. The van der Waals surface area contributed by atoms with Crippen LogP contribution in [0.3, 0.4) is 0 Å². The van der Waals surface area contributed by atoms with E-state index < -0.39 is 73.6 Å². The number of hydrogen-bond donors (Lipinski definition) is 6. The van der Waals surface area contributed by atoms with Crippen molar-refractivity contribution in [3.63, 3.8) is 0 Å². The topological polar surface area (TPSA) is 192 Å².